The van der Waals surface area contributed by atoms with Crippen LogP contribution in [0.1, 0.15) is 16.8 Å². The zero-order chi connectivity index (χ0) is 14.2. The van der Waals surface area contributed by atoms with Crippen molar-refractivity contribution < 1.29 is 18.3 Å². The summed E-state index contributed by atoms with van der Waals surface area (Å²) in [5, 5.41) is 14.2. The van der Waals surface area contributed by atoms with Gasteiger partial charge in [-0.3, -0.25) is 0 Å². The van der Waals surface area contributed by atoms with Crippen LogP contribution < -0.4 is 15.8 Å². The number of hydrogen-bond donors (Lipinski definition) is 3. The molecule has 0 aliphatic carbocycles. The number of primary sulfonamides is 1. The maximum Gasteiger partial charge on any atom is 0.337 e. The quantitative estimate of drug-likeness (QED) is 0.691. The first kappa shape index (κ1) is 13.8. The van der Waals surface area contributed by atoms with Gasteiger partial charge in [0.05, 0.1) is 16.1 Å². The Labute approximate surface area is 110 Å². The molecule has 1 atom stereocenters. The van der Waals surface area contributed by atoms with Crippen molar-refractivity contribution >= 4 is 21.7 Å². The van der Waals surface area contributed by atoms with E-state index >= 15 is 0 Å². The zero-order valence-electron chi connectivity index (χ0n) is 10.1. The fourth-order valence-electron chi connectivity index (χ4n) is 2.15. The van der Waals surface area contributed by atoms with Crippen LogP contribution in [-0.4, -0.2) is 38.6 Å². The molecule has 1 heterocycles. The number of nitrogens with zero attached hydrogens (tertiary/aromatic N) is 1. The molecule has 7 nitrogen and oxygen atoms in total. The molecule has 0 bridgehead atoms. The second-order valence-electron chi connectivity index (χ2n) is 4.52. The molecule has 5 N–H and O–H groups in total. The van der Waals surface area contributed by atoms with Gasteiger partial charge in [-0.05, 0) is 24.6 Å². The minimum atomic E-state index is -3.92. The average molecular weight is 285 g/mol. The van der Waals surface area contributed by atoms with Gasteiger partial charge in [-0.2, -0.15) is 0 Å². The average Bonchev–Trinajstić information content (AvgIpc) is 2.73. The predicted molar refractivity (Wildman–Crippen MR) is 69.6 cm³/mol. The molecule has 1 aliphatic rings. The Hall–Kier alpha value is -1.64. The van der Waals surface area contributed by atoms with E-state index in [1.807, 2.05) is 4.90 Å². The third kappa shape index (κ3) is 2.86. The van der Waals surface area contributed by atoms with Crippen molar-refractivity contribution in [3.05, 3.63) is 23.8 Å². The molecule has 0 saturated carbocycles. The van der Waals surface area contributed by atoms with Gasteiger partial charge in [-0.25, -0.2) is 18.4 Å². The lowest BCUT2D eigenvalue weighted by Crippen LogP contribution is -2.27. The molecule has 1 aliphatic heterocycles. The topological polar surface area (TPSA) is 127 Å². The fraction of sp³-hybridized carbons (Fsp3) is 0.364. The Morgan fingerprint density at radius 2 is 2.11 bits per heavy atom. The van der Waals surface area contributed by atoms with Crippen LogP contribution in [0.5, 0.6) is 0 Å². The van der Waals surface area contributed by atoms with E-state index in [1.54, 1.807) is 0 Å². The number of aromatic carboxylic acids is 1. The fourth-order valence-corrected chi connectivity index (χ4v) is 2.69. The summed E-state index contributed by atoms with van der Waals surface area (Å²) in [6.45, 7) is 1.20. The van der Waals surface area contributed by atoms with Gasteiger partial charge in [0.2, 0.25) is 10.0 Å². The van der Waals surface area contributed by atoms with Gasteiger partial charge in [0.25, 0.3) is 0 Å². The van der Waals surface area contributed by atoms with Crippen LogP contribution in [0.3, 0.4) is 0 Å². The van der Waals surface area contributed by atoms with Crippen molar-refractivity contribution in [3.63, 3.8) is 0 Å². The molecule has 1 fully saturated rings. The minimum absolute atomic E-state index is 0.000405. The highest BCUT2D eigenvalue weighted by Crippen LogP contribution is 2.26. The number of carbonyl (C=O) groups is 1. The second-order valence-corrected chi connectivity index (χ2v) is 6.09. The van der Waals surface area contributed by atoms with Crippen molar-refractivity contribution in [3.8, 4) is 0 Å². The lowest BCUT2D eigenvalue weighted by molar-refractivity contribution is 0.0697. The summed E-state index contributed by atoms with van der Waals surface area (Å²) in [4.78, 5) is 12.9. The number of nitrogens with two attached hydrogens (primary N) is 2. The Kier molecular flexibility index (Phi) is 3.48. The number of rotatable bonds is 3. The first-order valence-electron chi connectivity index (χ1n) is 5.69. The Balaban J connectivity index is 2.47. The number of sulfonamides is 1. The van der Waals surface area contributed by atoms with E-state index in [-0.39, 0.29) is 16.5 Å². The highest BCUT2D eigenvalue weighted by Gasteiger charge is 2.24. The van der Waals surface area contributed by atoms with Gasteiger partial charge in [0.15, 0.2) is 0 Å². The standard InChI is InChI=1S/C11H15N3O4S/c12-7-3-4-14(6-7)10-2-1-8(19(13,17)18)5-9(10)11(15)16/h1-2,5,7H,3-4,6,12H2,(H,15,16)(H2,13,17,18). The minimum Gasteiger partial charge on any atom is -0.478 e. The van der Waals surface area contributed by atoms with Gasteiger partial charge in [-0.15, -0.1) is 0 Å². The summed E-state index contributed by atoms with van der Waals surface area (Å²) in [5.74, 6) is -1.19. The van der Waals surface area contributed by atoms with E-state index in [9.17, 15) is 18.3 Å². The largest absolute Gasteiger partial charge is 0.478 e. The predicted octanol–water partition coefficient (Wildman–Crippen LogP) is -0.430. The summed E-state index contributed by atoms with van der Waals surface area (Å²) < 4.78 is 22.5. The summed E-state index contributed by atoms with van der Waals surface area (Å²) >= 11 is 0. The number of benzene rings is 1. The third-order valence-electron chi connectivity index (χ3n) is 3.09. The van der Waals surface area contributed by atoms with Gasteiger partial charge in [-0.1, -0.05) is 0 Å². The van der Waals surface area contributed by atoms with Crippen molar-refractivity contribution in [2.75, 3.05) is 18.0 Å². The van der Waals surface area contributed by atoms with Crippen molar-refractivity contribution in [1.82, 2.24) is 0 Å². The Bertz CT molecular complexity index is 614. The second kappa shape index (κ2) is 4.80. The highest BCUT2D eigenvalue weighted by molar-refractivity contribution is 7.89. The molecule has 104 valence electrons. The van der Waals surface area contributed by atoms with E-state index < -0.39 is 16.0 Å². The van der Waals surface area contributed by atoms with E-state index in [0.717, 1.165) is 12.5 Å². The molecular weight excluding hydrogens is 270 g/mol. The van der Waals surface area contributed by atoms with Crippen molar-refractivity contribution in [2.45, 2.75) is 17.4 Å². The summed E-state index contributed by atoms with van der Waals surface area (Å²) in [6, 6.07) is 3.85. The molecular formula is C11H15N3O4S. The van der Waals surface area contributed by atoms with Gasteiger partial charge < -0.3 is 15.7 Å². The number of carboxylic acid groups (broad SMARTS) is 1. The molecule has 1 aromatic carbocycles. The van der Waals surface area contributed by atoms with Crippen molar-refractivity contribution in [1.29, 1.82) is 0 Å². The molecule has 19 heavy (non-hydrogen) atoms. The SMILES string of the molecule is NC1CCN(c2ccc(S(N)(=O)=O)cc2C(=O)O)C1. The first-order chi connectivity index (χ1) is 8.79. The van der Waals surface area contributed by atoms with Crippen LogP contribution in [0, 0.1) is 0 Å². The Morgan fingerprint density at radius 3 is 2.58 bits per heavy atom. The van der Waals surface area contributed by atoms with Crippen LogP contribution in [0.25, 0.3) is 0 Å². The van der Waals surface area contributed by atoms with Crippen molar-refractivity contribution in [2.24, 2.45) is 10.9 Å². The third-order valence-corrected chi connectivity index (χ3v) is 4.00. The zero-order valence-corrected chi connectivity index (χ0v) is 10.9. The summed E-state index contributed by atoms with van der Waals surface area (Å²) in [5.41, 5.74) is 6.17. The molecule has 0 spiro atoms. The lowest BCUT2D eigenvalue weighted by atomic mass is 10.1. The molecule has 0 amide bonds. The molecule has 1 unspecified atom stereocenters. The molecule has 2 rings (SSSR count). The van der Waals surface area contributed by atoms with E-state index in [1.165, 1.54) is 12.1 Å². The smallest absolute Gasteiger partial charge is 0.337 e. The number of carboxylic acids is 1. The van der Waals surface area contributed by atoms with E-state index in [0.29, 0.717) is 18.8 Å². The van der Waals surface area contributed by atoms with E-state index in [4.69, 9.17) is 10.9 Å². The van der Waals surface area contributed by atoms with Crippen LogP contribution in [0.2, 0.25) is 0 Å². The molecule has 1 aromatic rings. The maximum atomic E-state index is 11.2. The van der Waals surface area contributed by atoms with Crippen LogP contribution >= 0.6 is 0 Å². The number of hydrogen-bond acceptors (Lipinski definition) is 5. The summed E-state index contributed by atoms with van der Waals surface area (Å²) in [6.07, 6.45) is 0.774. The van der Waals surface area contributed by atoms with E-state index in [2.05, 4.69) is 0 Å². The molecule has 1 saturated heterocycles. The first-order valence-corrected chi connectivity index (χ1v) is 7.24. The van der Waals surface area contributed by atoms with Gasteiger partial charge in [0, 0.05) is 19.1 Å². The maximum absolute atomic E-state index is 11.2. The molecule has 0 radical (unpaired) electrons. The lowest BCUT2D eigenvalue weighted by Gasteiger charge is -2.20. The van der Waals surface area contributed by atoms with Gasteiger partial charge in [0.1, 0.15) is 0 Å². The Morgan fingerprint density at radius 1 is 1.42 bits per heavy atom. The highest BCUT2D eigenvalue weighted by atomic mass is 32.2. The van der Waals surface area contributed by atoms with Gasteiger partial charge >= 0.3 is 5.97 Å². The number of anilines is 1. The van der Waals surface area contributed by atoms with Crippen LogP contribution in [0.15, 0.2) is 23.1 Å². The molecule has 8 heteroatoms. The monoisotopic (exact) mass is 285 g/mol. The van der Waals surface area contributed by atoms with Crippen LogP contribution in [-0.2, 0) is 10.0 Å². The summed E-state index contributed by atoms with van der Waals surface area (Å²) in [7, 11) is -3.92. The van der Waals surface area contributed by atoms with Crippen LogP contribution in [0.4, 0.5) is 5.69 Å². The normalized spacial score (nSPS) is 19.7. The molecule has 0 aromatic heterocycles.